The summed E-state index contributed by atoms with van der Waals surface area (Å²) in [7, 11) is 0. The molecule has 0 saturated carbocycles. The highest BCUT2D eigenvalue weighted by atomic mass is 79.9. The van der Waals surface area contributed by atoms with Crippen LogP contribution in [0.5, 0.6) is 0 Å². The van der Waals surface area contributed by atoms with Gasteiger partial charge in [0.15, 0.2) is 0 Å². The van der Waals surface area contributed by atoms with Crippen LogP contribution in [0.1, 0.15) is 30.7 Å². The van der Waals surface area contributed by atoms with E-state index in [4.69, 9.17) is 0 Å². The number of nitrogens with zero attached hydrogens (tertiary/aromatic N) is 1. The van der Waals surface area contributed by atoms with E-state index in [2.05, 4.69) is 50.4 Å². The first kappa shape index (κ1) is 13.3. The Hall–Kier alpha value is -0.380. The molecular formula is C17H23BrN2. The average molecular weight is 335 g/mol. The van der Waals surface area contributed by atoms with Crippen molar-refractivity contribution in [2.45, 2.75) is 25.2 Å². The predicted octanol–water partition coefficient (Wildman–Crippen LogP) is 3.24. The Balaban J connectivity index is 1.75. The molecule has 2 unspecified atom stereocenters. The Morgan fingerprint density at radius 3 is 2.70 bits per heavy atom. The van der Waals surface area contributed by atoms with Gasteiger partial charge in [0.25, 0.3) is 0 Å². The van der Waals surface area contributed by atoms with Crippen LogP contribution in [0, 0.1) is 11.3 Å². The lowest BCUT2D eigenvalue weighted by Gasteiger charge is -2.59. The van der Waals surface area contributed by atoms with Crippen LogP contribution in [0.25, 0.3) is 0 Å². The topological polar surface area (TPSA) is 15.3 Å². The number of rotatable bonds is 1. The number of benzene rings is 1. The molecule has 4 fully saturated rings. The number of piperidine rings is 4. The molecule has 0 radical (unpaired) electrons. The summed E-state index contributed by atoms with van der Waals surface area (Å²) in [6.07, 6.45) is 4.18. The SMILES string of the molecule is Brc1ccccc1C1CNCCC12CN1CCC2CC1. The van der Waals surface area contributed by atoms with E-state index in [9.17, 15) is 0 Å². The Bertz CT molecular complexity index is 496. The molecule has 2 nitrogen and oxygen atoms in total. The third kappa shape index (κ3) is 1.98. The van der Waals surface area contributed by atoms with Gasteiger partial charge in [0, 0.05) is 23.5 Å². The van der Waals surface area contributed by atoms with Gasteiger partial charge in [-0.2, -0.15) is 0 Å². The van der Waals surface area contributed by atoms with Gasteiger partial charge in [-0.25, -0.2) is 0 Å². The molecule has 1 spiro atoms. The van der Waals surface area contributed by atoms with Crippen molar-refractivity contribution < 1.29 is 0 Å². The van der Waals surface area contributed by atoms with Crippen LogP contribution in [0.15, 0.2) is 28.7 Å². The molecule has 4 aliphatic heterocycles. The molecule has 0 amide bonds. The van der Waals surface area contributed by atoms with Gasteiger partial charge in [-0.1, -0.05) is 34.1 Å². The second-order valence-corrected chi connectivity index (χ2v) is 7.67. The number of nitrogens with one attached hydrogen (secondary N) is 1. The standard InChI is InChI=1S/C17H23BrN2/c18-16-4-2-1-3-14(16)15-11-19-8-7-17(15)12-20-9-5-13(17)6-10-20/h1-4,13,15,19H,5-12H2. The third-order valence-corrected chi connectivity index (χ3v) is 6.73. The van der Waals surface area contributed by atoms with Crippen LogP contribution >= 0.6 is 15.9 Å². The Morgan fingerprint density at radius 1 is 1.20 bits per heavy atom. The van der Waals surface area contributed by atoms with E-state index in [1.807, 2.05) is 0 Å². The summed E-state index contributed by atoms with van der Waals surface area (Å²) >= 11 is 3.79. The highest BCUT2D eigenvalue weighted by molar-refractivity contribution is 9.10. The minimum Gasteiger partial charge on any atom is -0.316 e. The lowest BCUT2D eigenvalue weighted by atomic mass is 9.56. The first-order valence-corrected chi connectivity index (χ1v) is 8.76. The normalized spacial score (nSPS) is 40.1. The highest BCUT2D eigenvalue weighted by Crippen LogP contribution is 2.54. The predicted molar refractivity (Wildman–Crippen MR) is 86.0 cm³/mol. The lowest BCUT2D eigenvalue weighted by Crippen LogP contribution is -2.61. The maximum absolute atomic E-state index is 3.79. The molecule has 2 bridgehead atoms. The van der Waals surface area contributed by atoms with Crippen molar-refractivity contribution >= 4 is 15.9 Å². The first-order chi connectivity index (χ1) is 9.79. The van der Waals surface area contributed by atoms with Crippen LogP contribution in [0.4, 0.5) is 0 Å². The number of hydrogen-bond donors (Lipinski definition) is 1. The minimum atomic E-state index is 0.519. The van der Waals surface area contributed by atoms with Gasteiger partial charge in [0.1, 0.15) is 0 Å². The molecule has 4 heterocycles. The molecule has 108 valence electrons. The van der Waals surface area contributed by atoms with E-state index in [1.54, 1.807) is 0 Å². The molecular weight excluding hydrogens is 312 g/mol. The van der Waals surface area contributed by atoms with E-state index in [1.165, 1.54) is 55.5 Å². The second kappa shape index (κ2) is 5.11. The smallest absolute Gasteiger partial charge is 0.0210 e. The highest BCUT2D eigenvalue weighted by Gasteiger charge is 2.52. The summed E-state index contributed by atoms with van der Waals surface area (Å²) in [6.45, 7) is 6.34. The summed E-state index contributed by atoms with van der Waals surface area (Å²) < 4.78 is 1.30. The van der Waals surface area contributed by atoms with Crippen LogP contribution in [0.2, 0.25) is 0 Å². The molecule has 1 aromatic carbocycles. The fourth-order valence-electron chi connectivity index (χ4n) is 5.01. The van der Waals surface area contributed by atoms with Gasteiger partial charge in [0.05, 0.1) is 0 Å². The van der Waals surface area contributed by atoms with Crippen molar-refractivity contribution in [1.82, 2.24) is 10.2 Å². The summed E-state index contributed by atoms with van der Waals surface area (Å²) in [5.41, 5.74) is 2.04. The average Bonchev–Trinajstić information content (AvgIpc) is 2.50. The molecule has 20 heavy (non-hydrogen) atoms. The molecule has 3 heteroatoms. The minimum absolute atomic E-state index is 0.519. The van der Waals surface area contributed by atoms with Crippen molar-refractivity contribution in [2.24, 2.45) is 11.3 Å². The lowest BCUT2D eigenvalue weighted by molar-refractivity contribution is -0.0618. The van der Waals surface area contributed by atoms with E-state index in [-0.39, 0.29) is 0 Å². The fraction of sp³-hybridized carbons (Fsp3) is 0.647. The van der Waals surface area contributed by atoms with E-state index < -0.39 is 0 Å². The zero-order chi connectivity index (χ0) is 13.6. The summed E-state index contributed by atoms with van der Waals surface area (Å²) in [5.74, 6) is 1.60. The van der Waals surface area contributed by atoms with Crippen molar-refractivity contribution in [2.75, 3.05) is 32.7 Å². The molecule has 1 N–H and O–H groups in total. The van der Waals surface area contributed by atoms with Crippen LogP contribution in [-0.4, -0.2) is 37.6 Å². The van der Waals surface area contributed by atoms with Gasteiger partial charge in [-0.05, 0) is 61.9 Å². The summed E-state index contributed by atoms with van der Waals surface area (Å²) in [4.78, 5) is 2.72. The van der Waals surface area contributed by atoms with Crippen LogP contribution < -0.4 is 5.32 Å². The molecule has 0 aromatic heterocycles. The van der Waals surface area contributed by atoms with Crippen molar-refractivity contribution in [1.29, 1.82) is 0 Å². The summed E-state index contributed by atoms with van der Waals surface area (Å²) in [5, 5.41) is 3.65. The monoisotopic (exact) mass is 334 g/mol. The number of halogens is 1. The van der Waals surface area contributed by atoms with Gasteiger partial charge in [0.2, 0.25) is 0 Å². The molecule has 5 rings (SSSR count). The van der Waals surface area contributed by atoms with E-state index >= 15 is 0 Å². The number of hydrogen-bond acceptors (Lipinski definition) is 2. The van der Waals surface area contributed by atoms with E-state index in [0.29, 0.717) is 11.3 Å². The molecule has 4 saturated heterocycles. The zero-order valence-electron chi connectivity index (χ0n) is 11.9. The summed E-state index contributed by atoms with van der Waals surface area (Å²) in [6, 6.07) is 8.87. The first-order valence-electron chi connectivity index (χ1n) is 7.97. The molecule has 1 aromatic rings. The Kier molecular flexibility index (Phi) is 3.40. The van der Waals surface area contributed by atoms with Crippen molar-refractivity contribution in [3.63, 3.8) is 0 Å². The Morgan fingerprint density at radius 2 is 2.00 bits per heavy atom. The quantitative estimate of drug-likeness (QED) is 0.848. The van der Waals surface area contributed by atoms with Gasteiger partial charge in [-0.15, -0.1) is 0 Å². The maximum atomic E-state index is 3.79. The molecule has 0 aliphatic carbocycles. The van der Waals surface area contributed by atoms with Crippen molar-refractivity contribution in [3.8, 4) is 0 Å². The third-order valence-electron chi connectivity index (χ3n) is 6.01. The van der Waals surface area contributed by atoms with Gasteiger partial charge >= 0.3 is 0 Å². The maximum Gasteiger partial charge on any atom is 0.0210 e. The fourth-order valence-corrected chi connectivity index (χ4v) is 5.57. The second-order valence-electron chi connectivity index (χ2n) is 6.81. The molecule has 4 aliphatic rings. The largest absolute Gasteiger partial charge is 0.316 e. The van der Waals surface area contributed by atoms with E-state index in [0.717, 1.165) is 12.5 Å². The van der Waals surface area contributed by atoms with Crippen molar-refractivity contribution in [3.05, 3.63) is 34.3 Å². The number of fused-ring (bicyclic) bond motifs is 2. The molecule has 2 atom stereocenters. The van der Waals surface area contributed by atoms with Crippen LogP contribution in [0.3, 0.4) is 0 Å². The van der Waals surface area contributed by atoms with Crippen LogP contribution in [-0.2, 0) is 0 Å². The Labute approximate surface area is 130 Å². The van der Waals surface area contributed by atoms with Gasteiger partial charge in [-0.3, -0.25) is 0 Å². The zero-order valence-corrected chi connectivity index (χ0v) is 13.5. The van der Waals surface area contributed by atoms with Gasteiger partial charge < -0.3 is 10.2 Å².